The number of halogens is 2. The van der Waals surface area contributed by atoms with Crippen molar-refractivity contribution in [2.45, 2.75) is 38.9 Å². The van der Waals surface area contributed by atoms with Crippen LogP contribution >= 0.6 is 0 Å². The second-order valence-electron chi connectivity index (χ2n) is 7.19. The van der Waals surface area contributed by atoms with Crippen molar-refractivity contribution >= 4 is 5.97 Å². The number of rotatable bonds is 10. The zero-order chi connectivity index (χ0) is 20.8. The number of benzene rings is 1. The fourth-order valence-electron chi connectivity index (χ4n) is 3.11. The van der Waals surface area contributed by atoms with E-state index in [1.165, 1.54) is 12.3 Å². The number of aliphatic carboxylic acids is 1. The van der Waals surface area contributed by atoms with Gasteiger partial charge in [-0.3, -0.25) is 4.79 Å². The van der Waals surface area contributed by atoms with Crippen LogP contribution in [-0.4, -0.2) is 35.4 Å². The van der Waals surface area contributed by atoms with Gasteiger partial charge in [0.15, 0.2) is 0 Å². The monoisotopic (exact) mass is 407 g/mol. The Kier molecular flexibility index (Phi) is 6.85. The molecule has 0 aliphatic heterocycles. The smallest absolute Gasteiger partial charge is 0.388 e. The maximum atomic E-state index is 12.1. The summed E-state index contributed by atoms with van der Waals surface area (Å²) >= 11 is 0. The lowest BCUT2D eigenvalue weighted by atomic mass is 9.83. The summed E-state index contributed by atoms with van der Waals surface area (Å²) in [5.41, 5.74) is 0.930. The van der Waals surface area contributed by atoms with Crippen molar-refractivity contribution in [3.63, 3.8) is 0 Å². The van der Waals surface area contributed by atoms with E-state index >= 15 is 0 Å². The van der Waals surface area contributed by atoms with Crippen molar-refractivity contribution in [1.29, 1.82) is 0 Å². The van der Waals surface area contributed by atoms with Crippen LogP contribution < -0.4 is 14.2 Å². The molecule has 6 nitrogen and oxygen atoms in total. The zero-order valence-corrected chi connectivity index (χ0v) is 16.0. The maximum Gasteiger partial charge on any atom is 0.388 e. The van der Waals surface area contributed by atoms with Gasteiger partial charge in [0, 0.05) is 6.07 Å². The van der Waals surface area contributed by atoms with Crippen LogP contribution in [0.15, 0.2) is 42.6 Å². The molecule has 0 bridgehead atoms. The van der Waals surface area contributed by atoms with Gasteiger partial charge < -0.3 is 19.3 Å². The van der Waals surface area contributed by atoms with Crippen molar-refractivity contribution in [2.75, 3.05) is 6.61 Å². The van der Waals surface area contributed by atoms with Crippen LogP contribution in [-0.2, 0) is 11.2 Å². The molecule has 1 saturated carbocycles. The van der Waals surface area contributed by atoms with Crippen molar-refractivity contribution < 1.29 is 32.9 Å². The Balaban J connectivity index is 1.39. The Morgan fingerprint density at radius 2 is 2.03 bits per heavy atom. The van der Waals surface area contributed by atoms with E-state index < -0.39 is 18.5 Å². The lowest BCUT2D eigenvalue weighted by Crippen LogP contribution is -2.37. The first kappa shape index (κ1) is 20.8. The van der Waals surface area contributed by atoms with Crippen LogP contribution in [0.1, 0.15) is 25.3 Å². The summed E-state index contributed by atoms with van der Waals surface area (Å²) in [4.78, 5) is 14.8. The zero-order valence-electron chi connectivity index (χ0n) is 16.0. The highest BCUT2D eigenvalue weighted by molar-refractivity contribution is 5.69. The molecule has 0 amide bonds. The average Bonchev–Trinajstić information content (AvgIpc) is 2.64. The van der Waals surface area contributed by atoms with E-state index in [2.05, 4.69) is 9.72 Å². The second-order valence-corrected chi connectivity index (χ2v) is 7.19. The highest BCUT2D eigenvalue weighted by Crippen LogP contribution is 2.32. The molecule has 156 valence electrons. The molecule has 1 fully saturated rings. The van der Waals surface area contributed by atoms with Gasteiger partial charge in [-0.25, -0.2) is 4.98 Å². The Morgan fingerprint density at radius 1 is 1.24 bits per heavy atom. The second kappa shape index (κ2) is 9.54. The summed E-state index contributed by atoms with van der Waals surface area (Å²) in [5, 5.41) is 9.02. The van der Waals surface area contributed by atoms with Crippen LogP contribution in [0.3, 0.4) is 0 Å². The van der Waals surface area contributed by atoms with Gasteiger partial charge >= 0.3 is 12.6 Å². The molecule has 2 aromatic rings. The molecule has 29 heavy (non-hydrogen) atoms. The van der Waals surface area contributed by atoms with Crippen LogP contribution in [0.4, 0.5) is 8.78 Å². The third-order valence-electron chi connectivity index (χ3n) is 4.76. The summed E-state index contributed by atoms with van der Waals surface area (Å²) < 4.78 is 40.0. The summed E-state index contributed by atoms with van der Waals surface area (Å²) in [5.74, 6) is 0.186. The standard InChI is InChI=1S/C21H23F2NO5/c1-13(20(25)26)7-14-3-2-4-16(8-14)27-12-15-9-18(10-15)28-17-5-6-19(24-11-17)29-21(22)23/h2-6,8,11,13,15,18,21H,7,9-10,12H2,1H3,(H,25,26). The topological polar surface area (TPSA) is 77.9 Å². The van der Waals surface area contributed by atoms with Gasteiger partial charge in [0.1, 0.15) is 11.5 Å². The molecular formula is C21H23F2NO5. The SMILES string of the molecule is CC(Cc1cccc(OCC2CC(Oc3ccc(OC(F)F)nc3)C2)c1)C(=O)O. The minimum absolute atomic E-state index is 0.0371. The first-order valence-electron chi connectivity index (χ1n) is 9.41. The van der Waals surface area contributed by atoms with E-state index in [4.69, 9.17) is 14.6 Å². The molecule has 8 heteroatoms. The number of nitrogens with zero attached hydrogens (tertiary/aromatic N) is 1. The minimum Gasteiger partial charge on any atom is -0.493 e. The lowest BCUT2D eigenvalue weighted by molar-refractivity contribution is -0.141. The molecule has 1 N–H and O–H groups in total. The van der Waals surface area contributed by atoms with Crippen LogP contribution in [0.2, 0.25) is 0 Å². The first-order chi connectivity index (χ1) is 13.9. The summed E-state index contributed by atoms with van der Waals surface area (Å²) in [6, 6.07) is 10.4. The molecule has 1 aromatic carbocycles. The van der Waals surface area contributed by atoms with Gasteiger partial charge in [0.2, 0.25) is 5.88 Å². The molecular weight excluding hydrogens is 384 g/mol. The summed E-state index contributed by atoms with van der Waals surface area (Å²) in [6.07, 6.45) is 3.51. The first-order valence-corrected chi connectivity index (χ1v) is 9.41. The van der Waals surface area contributed by atoms with E-state index in [0.29, 0.717) is 24.7 Å². The van der Waals surface area contributed by atoms with Crippen LogP contribution in [0.25, 0.3) is 0 Å². The third-order valence-corrected chi connectivity index (χ3v) is 4.76. The Bertz CT molecular complexity index is 809. The number of carbonyl (C=O) groups is 1. The normalized spacial score (nSPS) is 19.3. The predicted octanol–water partition coefficient (Wildman–Crippen LogP) is 4.18. The van der Waals surface area contributed by atoms with Crippen molar-refractivity contribution in [1.82, 2.24) is 4.98 Å². The molecule has 3 rings (SSSR count). The Morgan fingerprint density at radius 3 is 2.69 bits per heavy atom. The van der Waals surface area contributed by atoms with E-state index in [9.17, 15) is 13.6 Å². The number of aromatic nitrogens is 1. The lowest BCUT2D eigenvalue weighted by Gasteiger charge is -2.35. The van der Waals surface area contributed by atoms with E-state index in [-0.39, 0.29) is 12.0 Å². The van der Waals surface area contributed by atoms with Crippen LogP contribution in [0, 0.1) is 11.8 Å². The van der Waals surface area contributed by atoms with Gasteiger partial charge in [-0.05, 0) is 48.9 Å². The van der Waals surface area contributed by atoms with Gasteiger partial charge in [-0.2, -0.15) is 8.78 Å². The number of ether oxygens (including phenoxy) is 3. The summed E-state index contributed by atoms with van der Waals surface area (Å²) in [6.45, 7) is -0.667. The van der Waals surface area contributed by atoms with Gasteiger partial charge in [0.05, 0.1) is 24.8 Å². The molecule has 0 spiro atoms. The maximum absolute atomic E-state index is 12.1. The molecule has 1 unspecified atom stereocenters. The van der Waals surface area contributed by atoms with E-state index in [0.717, 1.165) is 24.2 Å². The molecule has 1 atom stereocenters. The van der Waals surface area contributed by atoms with E-state index in [1.807, 2.05) is 24.3 Å². The number of hydrogen-bond acceptors (Lipinski definition) is 5. The summed E-state index contributed by atoms with van der Waals surface area (Å²) in [7, 11) is 0. The Labute approximate surface area is 167 Å². The largest absolute Gasteiger partial charge is 0.493 e. The molecule has 1 aromatic heterocycles. The van der Waals surface area contributed by atoms with Crippen molar-refractivity contribution in [3.8, 4) is 17.4 Å². The average molecular weight is 407 g/mol. The third kappa shape index (κ3) is 6.30. The number of alkyl halides is 2. The highest BCUT2D eigenvalue weighted by atomic mass is 19.3. The molecule has 0 saturated heterocycles. The number of carboxylic acids is 1. The number of pyridine rings is 1. The fraction of sp³-hybridized carbons (Fsp3) is 0.429. The van der Waals surface area contributed by atoms with E-state index in [1.54, 1.807) is 13.0 Å². The number of carboxylic acid groups (broad SMARTS) is 1. The highest BCUT2D eigenvalue weighted by Gasteiger charge is 2.31. The predicted molar refractivity (Wildman–Crippen MR) is 100 cm³/mol. The molecule has 1 aliphatic rings. The fourth-order valence-corrected chi connectivity index (χ4v) is 3.11. The van der Waals surface area contributed by atoms with Crippen LogP contribution in [0.5, 0.6) is 17.4 Å². The van der Waals surface area contributed by atoms with Gasteiger partial charge in [-0.15, -0.1) is 0 Å². The quantitative estimate of drug-likeness (QED) is 0.637. The minimum atomic E-state index is -2.90. The molecule has 1 heterocycles. The van der Waals surface area contributed by atoms with Crippen molar-refractivity contribution in [2.24, 2.45) is 11.8 Å². The molecule has 0 radical (unpaired) electrons. The van der Waals surface area contributed by atoms with Crippen molar-refractivity contribution in [3.05, 3.63) is 48.2 Å². The molecule has 1 aliphatic carbocycles. The number of hydrogen-bond donors (Lipinski definition) is 1. The van der Waals surface area contributed by atoms with Gasteiger partial charge in [-0.1, -0.05) is 19.1 Å². The Hall–Kier alpha value is -2.90. The van der Waals surface area contributed by atoms with Gasteiger partial charge in [0.25, 0.3) is 0 Å².